The number of nitrogens with one attached hydrogen (secondary N) is 1. The van der Waals surface area contributed by atoms with Gasteiger partial charge in [-0.3, -0.25) is 14.9 Å². The van der Waals surface area contributed by atoms with Crippen molar-refractivity contribution in [2.75, 3.05) is 0 Å². The molecule has 2 amide bonds. The van der Waals surface area contributed by atoms with Crippen LogP contribution in [0.2, 0.25) is 0 Å². The molecule has 0 bridgehead atoms. The minimum absolute atomic E-state index is 0.224. The SMILES string of the molecule is [N-]=[N+]=Nc1c(F)c(F)c(C(=O)NC=O)c(F)c1F. The van der Waals surface area contributed by atoms with Gasteiger partial charge < -0.3 is 0 Å². The number of nitrogens with zero attached hydrogens (tertiary/aromatic N) is 3. The molecule has 0 saturated heterocycles. The summed E-state index contributed by atoms with van der Waals surface area (Å²) in [7, 11) is 0. The molecular formula is C8H2F4N4O2. The number of rotatable bonds is 3. The molecule has 0 atom stereocenters. The second-order valence-corrected chi connectivity index (χ2v) is 2.76. The molecule has 94 valence electrons. The molecule has 6 nitrogen and oxygen atoms in total. The van der Waals surface area contributed by atoms with Crippen LogP contribution in [0, 0.1) is 23.3 Å². The molecule has 1 aromatic carbocycles. The van der Waals surface area contributed by atoms with Crippen LogP contribution in [0.4, 0.5) is 23.2 Å². The summed E-state index contributed by atoms with van der Waals surface area (Å²) in [6.07, 6.45) is -0.224. The van der Waals surface area contributed by atoms with Crippen molar-refractivity contribution in [2.45, 2.75) is 0 Å². The van der Waals surface area contributed by atoms with Crippen molar-refractivity contribution in [2.24, 2.45) is 5.11 Å². The highest BCUT2D eigenvalue weighted by Crippen LogP contribution is 2.30. The molecule has 0 heterocycles. The molecule has 1 N–H and O–H groups in total. The van der Waals surface area contributed by atoms with Crippen molar-refractivity contribution < 1.29 is 27.2 Å². The summed E-state index contributed by atoms with van der Waals surface area (Å²) in [6, 6.07) is 0. The molecule has 0 aromatic heterocycles. The van der Waals surface area contributed by atoms with Crippen molar-refractivity contribution in [3.8, 4) is 0 Å². The van der Waals surface area contributed by atoms with E-state index in [9.17, 15) is 27.2 Å². The molecule has 0 radical (unpaired) electrons. The van der Waals surface area contributed by atoms with Crippen molar-refractivity contribution in [1.29, 1.82) is 0 Å². The minimum atomic E-state index is -2.07. The lowest BCUT2D eigenvalue weighted by Gasteiger charge is -2.07. The van der Waals surface area contributed by atoms with Crippen LogP contribution in [0.3, 0.4) is 0 Å². The Morgan fingerprint density at radius 3 is 2.06 bits per heavy atom. The van der Waals surface area contributed by atoms with Gasteiger partial charge in [0.1, 0.15) is 11.3 Å². The van der Waals surface area contributed by atoms with Crippen LogP contribution in [-0.2, 0) is 4.79 Å². The molecule has 0 fully saturated rings. The van der Waals surface area contributed by atoms with E-state index in [1.165, 1.54) is 5.32 Å². The number of hydrogen-bond acceptors (Lipinski definition) is 3. The summed E-state index contributed by atoms with van der Waals surface area (Å²) >= 11 is 0. The van der Waals surface area contributed by atoms with Gasteiger partial charge in [0, 0.05) is 4.91 Å². The lowest BCUT2D eigenvalue weighted by atomic mass is 10.1. The lowest BCUT2D eigenvalue weighted by molar-refractivity contribution is -0.108. The number of benzene rings is 1. The number of amides is 2. The summed E-state index contributed by atoms with van der Waals surface area (Å²) in [4.78, 5) is 22.9. The van der Waals surface area contributed by atoms with Crippen LogP contribution >= 0.6 is 0 Å². The van der Waals surface area contributed by atoms with Crippen LogP contribution in [-0.4, -0.2) is 12.3 Å². The fourth-order valence-corrected chi connectivity index (χ4v) is 1.08. The van der Waals surface area contributed by atoms with E-state index in [2.05, 4.69) is 5.11 Å². The molecule has 18 heavy (non-hydrogen) atoms. The van der Waals surface area contributed by atoms with Crippen LogP contribution in [0.15, 0.2) is 5.11 Å². The summed E-state index contributed by atoms with van der Waals surface area (Å²) in [5.74, 6) is -9.90. The zero-order chi connectivity index (χ0) is 13.9. The van der Waals surface area contributed by atoms with E-state index in [-0.39, 0.29) is 6.41 Å². The minimum Gasteiger partial charge on any atom is -0.295 e. The van der Waals surface area contributed by atoms with Gasteiger partial charge in [0.25, 0.3) is 5.91 Å². The fourth-order valence-electron chi connectivity index (χ4n) is 1.08. The maximum absolute atomic E-state index is 13.3. The Bertz CT molecular complexity index is 554. The summed E-state index contributed by atoms with van der Waals surface area (Å²) in [5.41, 5.74) is 4.79. The van der Waals surface area contributed by atoms with E-state index in [0.717, 1.165) is 0 Å². The van der Waals surface area contributed by atoms with Crippen LogP contribution in [0.1, 0.15) is 10.4 Å². The van der Waals surface area contributed by atoms with Gasteiger partial charge in [-0.05, 0) is 5.53 Å². The highest BCUT2D eigenvalue weighted by molar-refractivity contribution is 6.00. The van der Waals surface area contributed by atoms with Crippen molar-refractivity contribution in [3.05, 3.63) is 39.3 Å². The van der Waals surface area contributed by atoms with E-state index in [0.29, 0.717) is 0 Å². The molecule has 10 heteroatoms. The zero-order valence-corrected chi connectivity index (χ0v) is 8.25. The fraction of sp³-hybridized carbons (Fsp3) is 0. The quantitative estimate of drug-likeness (QED) is 0.225. The predicted molar refractivity (Wildman–Crippen MR) is 48.6 cm³/mol. The molecule has 1 rings (SSSR count). The Morgan fingerprint density at radius 2 is 1.67 bits per heavy atom. The van der Waals surface area contributed by atoms with Gasteiger partial charge in [0.2, 0.25) is 6.41 Å². The van der Waals surface area contributed by atoms with Gasteiger partial charge in [-0.25, -0.2) is 17.6 Å². The number of carbonyl (C=O) groups is 2. The molecule has 0 saturated carbocycles. The monoisotopic (exact) mass is 262 g/mol. The zero-order valence-electron chi connectivity index (χ0n) is 8.25. The molecular weight excluding hydrogens is 260 g/mol. The molecule has 0 spiro atoms. The summed E-state index contributed by atoms with van der Waals surface area (Å²) in [5, 5.41) is 3.74. The topological polar surface area (TPSA) is 94.9 Å². The normalized spacial score (nSPS) is 9.56. The highest BCUT2D eigenvalue weighted by atomic mass is 19.2. The number of imide groups is 1. The Morgan fingerprint density at radius 1 is 1.17 bits per heavy atom. The average molecular weight is 262 g/mol. The maximum atomic E-state index is 13.3. The van der Waals surface area contributed by atoms with E-state index < -0.39 is 40.4 Å². The van der Waals surface area contributed by atoms with Gasteiger partial charge in [0.15, 0.2) is 23.3 Å². The van der Waals surface area contributed by atoms with Crippen LogP contribution in [0.25, 0.3) is 10.4 Å². The Hall–Kier alpha value is -2.61. The van der Waals surface area contributed by atoms with Gasteiger partial charge in [-0.15, -0.1) is 0 Å². The van der Waals surface area contributed by atoms with Crippen LogP contribution in [0.5, 0.6) is 0 Å². The van der Waals surface area contributed by atoms with Gasteiger partial charge in [-0.2, -0.15) is 0 Å². The first-order chi connectivity index (χ1) is 8.45. The number of halogens is 4. The Labute approximate surface area is 95.8 Å². The number of hydrogen-bond donors (Lipinski definition) is 1. The average Bonchev–Trinajstić information content (AvgIpc) is 2.33. The van der Waals surface area contributed by atoms with E-state index in [1.807, 2.05) is 4.91 Å². The van der Waals surface area contributed by atoms with E-state index >= 15 is 0 Å². The third kappa shape index (κ3) is 2.09. The van der Waals surface area contributed by atoms with Gasteiger partial charge in [0.05, 0.1) is 0 Å². The first kappa shape index (κ1) is 13.5. The molecule has 0 aliphatic heterocycles. The largest absolute Gasteiger partial charge is 0.295 e. The molecule has 0 aliphatic rings. The van der Waals surface area contributed by atoms with Crippen molar-refractivity contribution >= 4 is 18.0 Å². The van der Waals surface area contributed by atoms with Gasteiger partial charge >= 0.3 is 0 Å². The highest BCUT2D eigenvalue weighted by Gasteiger charge is 2.28. The smallest absolute Gasteiger partial charge is 0.263 e. The molecule has 1 aromatic rings. The van der Waals surface area contributed by atoms with Crippen LogP contribution < -0.4 is 5.32 Å². The lowest BCUT2D eigenvalue weighted by Crippen LogP contribution is -2.25. The summed E-state index contributed by atoms with van der Waals surface area (Å²) < 4.78 is 52.9. The second kappa shape index (κ2) is 5.15. The van der Waals surface area contributed by atoms with E-state index in [4.69, 9.17) is 5.53 Å². The first-order valence-corrected chi connectivity index (χ1v) is 4.11. The summed E-state index contributed by atoms with van der Waals surface area (Å²) in [6.45, 7) is 0. The second-order valence-electron chi connectivity index (χ2n) is 2.76. The maximum Gasteiger partial charge on any atom is 0.263 e. The molecule has 0 unspecified atom stereocenters. The first-order valence-electron chi connectivity index (χ1n) is 4.11. The number of azide groups is 1. The van der Waals surface area contributed by atoms with E-state index in [1.54, 1.807) is 0 Å². The number of carbonyl (C=O) groups excluding carboxylic acids is 2. The predicted octanol–water partition coefficient (Wildman–Crippen LogP) is 2.07. The third-order valence-corrected chi connectivity index (χ3v) is 1.80. The Kier molecular flexibility index (Phi) is 3.85. The standard InChI is InChI=1S/C8H2F4N4O2/c9-3-2(8(18)14-1-17)4(10)6(12)7(5(3)11)15-16-13/h1H,(H,14,17,18). The van der Waals surface area contributed by atoms with Gasteiger partial charge in [-0.1, -0.05) is 5.11 Å². The van der Waals surface area contributed by atoms with Crippen molar-refractivity contribution in [1.82, 2.24) is 5.32 Å². The van der Waals surface area contributed by atoms with Crippen molar-refractivity contribution in [3.63, 3.8) is 0 Å². The third-order valence-electron chi connectivity index (χ3n) is 1.80. The Balaban J connectivity index is 3.62. The molecule has 0 aliphatic carbocycles.